The highest BCUT2D eigenvalue weighted by molar-refractivity contribution is 5.88. The molecule has 1 atom stereocenters. The van der Waals surface area contributed by atoms with Gasteiger partial charge in [0.25, 0.3) is 0 Å². The van der Waals surface area contributed by atoms with E-state index in [9.17, 15) is 9.59 Å². The van der Waals surface area contributed by atoms with Gasteiger partial charge in [0.05, 0.1) is 12.2 Å². The Morgan fingerprint density at radius 1 is 1.21 bits per heavy atom. The normalized spacial score (nSPS) is 10.9. The Bertz CT molecular complexity index is 647. The molecule has 4 N–H and O–H groups in total. The number of phenols is 1. The van der Waals surface area contributed by atoms with E-state index in [2.05, 4.69) is 9.97 Å². The van der Waals surface area contributed by atoms with Crippen molar-refractivity contribution in [2.75, 3.05) is 6.61 Å². The molecule has 0 aliphatic heterocycles. The van der Waals surface area contributed by atoms with Crippen LogP contribution in [0.5, 0.6) is 5.75 Å². The Labute approximate surface area is 138 Å². The van der Waals surface area contributed by atoms with Crippen molar-refractivity contribution in [3.05, 3.63) is 54.1 Å². The van der Waals surface area contributed by atoms with Crippen LogP contribution in [0.1, 0.15) is 22.8 Å². The third-order valence-corrected chi connectivity index (χ3v) is 2.78. The van der Waals surface area contributed by atoms with Gasteiger partial charge in [0.2, 0.25) is 0 Å². The molecule has 0 aliphatic carbocycles. The number of esters is 1. The number of nitrogens with two attached hydrogens (primary N) is 1. The fourth-order valence-corrected chi connectivity index (χ4v) is 1.59. The minimum absolute atomic E-state index is 0.160. The summed E-state index contributed by atoms with van der Waals surface area (Å²) in [5.41, 5.74) is 6.51. The number of phenolic OH excluding ortho intramolecular Hbond substituents is 1. The smallest absolute Gasteiger partial charge is 0.341 e. The van der Waals surface area contributed by atoms with E-state index < -0.39 is 12.0 Å². The second-order valence-corrected chi connectivity index (χ2v) is 4.66. The van der Waals surface area contributed by atoms with Gasteiger partial charge in [-0.15, -0.1) is 0 Å². The number of hydrogen-bond acceptors (Lipinski definition) is 7. The average Bonchev–Trinajstić information content (AvgIpc) is 2.58. The second kappa shape index (κ2) is 9.90. The Hall–Kier alpha value is -3.00. The van der Waals surface area contributed by atoms with Crippen LogP contribution in [0.3, 0.4) is 0 Å². The molecule has 2 aromatic rings. The number of ether oxygens (including phenoxy) is 1. The number of carboxylic acid groups (broad SMARTS) is 1. The molecule has 8 heteroatoms. The molecule has 128 valence electrons. The summed E-state index contributed by atoms with van der Waals surface area (Å²) in [5, 5.41) is 17.5. The molecular formula is C16H19N3O5. The number of rotatable bonds is 5. The number of aliphatic carboxylic acids is 1. The molecule has 1 aromatic heterocycles. The van der Waals surface area contributed by atoms with E-state index in [0.717, 1.165) is 5.56 Å². The van der Waals surface area contributed by atoms with Crippen molar-refractivity contribution in [1.82, 2.24) is 9.97 Å². The summed E-state index contributed by atoms with van der Waals surface area (Å²) in [7, 11) is 0. The molecule has 1 aromatic carbocycles. The van der Waals surface area contributed by atoms with Crippen molar-refractivity contribution in [3.8, 4) is 5.75 Å². The van der Waals surface area contributed by atoms with E-state index in [1.54, 1.807) is 19.1 Å². The Morgan fingerprint density at radius 2 is 1.79 bits per heavy atom. The zero-order valence-corrected chi connectivity index (χ0v) is 13.1. The van der Waals surface area contributed by atoms with Crippen molar-refractivity contribution in [1.29, 1.82) is 0 Å². The van der Waals surface area contributed by atoms with E-state index >= 15 is 0 Å². The lowest BCUT2D eigenvalue weighted by atomic mass is 10.1. The Morgan fingerprint density at radius 3 is 2.29 bits per heavy atom. The van der Waals surface area contributed by atoms with E-state index in [-0.39, 0.29) is 18.1 Å². The highest BCUT2D eigenvalue weighted by Gasteiger charge is 2.11. The molecule has 0 saturated carbocycles. The van der Waals surface area contributed by atoms with Gasteiger partial charge < -0.3 is 20.7 Å². The van der Waals surface area contributed by atoms with Gasteiger partial charge in [-0.3, -0.25) is 4.79 Å². The summed E-state index contributed by atoms with van der Waals surface area (Å²) in [6, 6.07) is 5.42. The van der Waals surface area contributed by atoms with Crippen LogP contribution in [-0.2, 0) is 16.0 Å². The maximum absolute atomic E-state index is 10.9. The van der Waals surface area contributed by atoms with Crippen LogP contribution in [0, 0.1) is 0 Å². The molecule has 1 heterocycles. The first-order valence-corrected chi connectivity index (χ1v) is 7.12. The summed E-state index contributed by atoms with van der Waals surface area (Å²) in [6.07, 6.45) is 4.48. The minimum atomic E-state index is -1.02. The fourth-order valence-electron chi connectivity index (χ4n) is 1.59. The number of aromatic nitrogens is 2. The molecule has 0 fully saturated rings. The highest BCUT2D eigenvalue weighted by atomic mass is 16.5. The molecule has 0 radical (unpaired) electrons. The third kappa shape index (κ3) is 6.84. The third-order valence-electron chi connectivity index (χ3n) is 2.78. The number of nitrogens with zero attached hydrogens (tertiary/aromatic N) is 2. The first kappa shape index (κ1) is 19.0. The topological polar surface area (TPSA) is 136 Å². The van der Waals surface area contributed by atoms with Gasteiger partial charge in [0.15, 0.2) is 0 Å². The van der Waals surface area contributed by atoms with Crippen LogP contribution in [-0.4, -0.2) is 44.8 Å². The van der Waals surface area contributed by atoms with Crippen molar-refractivity contribution in [2.24, 2.45) is 5.73 Å². The molecular weight excluding hydrogens is 314 g/mol. The van der Waals surface area contributed by atoms with Crippen molar-refractivity contribution < 1.29 is 24.5 Å². The first-order chi connectivity index (χ1) is 11.4. The fraction of sp³-hybridized carbons (Fsp3) is 0.250. The SMILES string of the molecule is CCOC(=O)c1cncnc1.N[C@@H](Cc1ccc(O)cc1)C(=O)O. The molecule has 0 spiro atoms. The lowest BCUT2D eigenvalue weighted by Gasteiger charge is -2.05. The number of carbonyl (C=O) groups excluding carboxylic acids is 1. The number of benzene rings is 1. The standard InChI is InChI=1S/C9H11NO3.C7H8N2O2/c10-8(9(12)13)5-6-1-3-7(11)4-2-6;1-2-11-7(10)6-3-8-5-9-4-6/h1-4,8,11H,5,10H2,(H,12,13);3-5H,2H2,1H3/t8-;/m0./s1. The minimum Gasteiger partial charge on any atom is -0.508 e. The van der Waals surface area contributed by atoms with E-state index in [4.69, 9.17) is 20.7 Å². The largest absolute Gasteiger partial charge is 0.508 e. The molecule has 0 aliphatic rings. The monoisotopic (exact) mass is 333 g/mol. The van der Waals surface area contributed by atoms with E-state index in [1.165, 1.54) is 30.9 Å². The van der Waals surface area contributed by atoms with E-state index in [1.807, 2.05) is 0 Å². The van der Waals surface area contributed by atoms with Gasteiger partial charge in [-0.05, 0) is 31.0 Å². The number of carbonyl (C=O) groups is 2. The Balaban J connectivity index is 0.000000243. The second-order valence-electron chi connectivity index (χ2n) is 4.66. The van der Waals surface area contributed by atoms with Gasteiger partial charge in [0, 0.05) is 12.4 Å². The van der Waals surface area contributed by atoms with Gasteiger partial charge in [-0.25, -0.2) is 14.8 Å². The lowest BCUT2D eigenvalue weighted by molar-refractivity contribution is -0.138. The summed E-state index contributed by atoms with van der Waals surface area (Å²) in [5.74, 6) is -1.24. The zero-order valence-electron chi connectivity index (χ0n) is 13.1. The van der Waals surface area contributed by atoms with Crippen LogP contribution < -0.4 is 5.73 Å². The van der Waals surface area contributed by atoms with Crippen LogP contribution in [0.2, 0.25) is 0 Å². The molecule has 24 heavy (non-hydrogen) atoms. The highest BCUT2D eigenvalue weighted by Crippen LogP contribution is 2.10. The van der Waals surface area contributed by atoms with Crippen molar-refractivity contribution in [3.63, 3.8) is 0 Å². The van der Waals surface area contributed by atoms with Crippen LogP contribution in [0.4, 0.5) is 0 Å². The summed E-state index contributed by atoms with van der Waals surface area (Å²) < 4.78 is 4.71. The molecule has 0 unspecified atom stereocenters. The van der Waals surface area contributed by atoms with Gasteiger partial charge in [-0.2, -0.15) is 0 Å². The molecule has 8 nitrogen and oxygen atoms in total. The van der Waals surface area contributed by atoms with Crippen LogP contribution >= 0.6 is 0 Å². The quantitative estimate of drug-likeness (QED) is 0.689. The summed E-state index contributed by atoms with van der Waals surface area (Å²) in [4.78, 5) is 28.7. The molecule has 0 saturated heterocycles. The number of carboxylic acids is 1. The predicted octanol–water partition coefficient (Wildman–Crippen LogP) is 1.000. The summed E-state index contributed by atoms with van der Waals surface area (Å²) >= 11 is 0. The first-order valence-electron chi connectivity index (χ1n) is 7.12. The van der Waals surface area contributed by atoms with Gasteiger partial charge >= 0.3 is 11.9 Å². The molecule has 0 bridgehead atoms. The number of aromatic hydroxyl groups is 1. The number of hydrogen-bond donors (Lipinski definition) is 3. The summed E-state index contributed by atoms with van der Waals surface area (Å²) in [6.45, 7) is 2.12. The van der Waals surface area contributed by atoms with Crippen LogP contribution in [0.15, 0.2) is 43.0 Å². The average molecular weight is 333 g/mol. The van der Waals surface area contributed by atoms with Crippen LogP contribution in [0.25, 0.3) is 0 Å². The van der Waals surface area contributed by atoms with E-state index in [0.29, 0.717) is 12.2 Å². The van der Waals surface area contributed by atoms with Crippen molar-refractivity contribution >= 4 is 11.9 Å². The predicted molar refractivity (Wildman–Crippen MR) is 85.4 cm³/mol. The molecule has 0 amide bonds. The zero-order chi connectivity index (χ0) is 17.9. The van der Waals surface area contributed by atoms with Gasteiger partial charge in [-0.1, -0.05) is 12.1 Å². The maximum Gasteiger partial charge on any atom is 0.341 e. The Kier molecular flexibility index (Phi) is 7.86. The maximum atomic E-state index is 10.9. The van der Waals surface area contributed by atoms with Crippen molar-refractivity contribution in [2.45, 2.75) is 19.4 Å². The lowest BCUT2D eigenvalue weighted by Crippen LogP contribution is -2.32. The molecule has 2 rings (SSSR count). The van der Waals surface area contributed by atoms with Gasteiger partial charge in [0.1, 0.15) is 18.1 Å².